The minimum Gasteiger partial charge on any atom is -0.382 e. The van der Waals surface area contributed by atoms with Crippen LogP contribution in [-0.4, -0.2) is 56.4 Å². The summed E-state index contributed by atoms with van der Waals surface area (Å²) in [6.45, 7) is 0.399. The average Bonchev–Trinajstić information content (AvgIpc) is 3.61. The Morgan fingerprint density at radius 3 is 2.00 bits per heavy atom. The fourth-order valence-corrected chi connectivity index (χ4v) is 6.54. The first-order chi connectivity index (χ1) is 20.4. The van der Waals surface area contributed by atoms with Crippen molar-refractivity contribution < 1.29 is 36.2 Å². The molecule has 2 aromatic carbocycles. The third-order valence-corrected chi connectivity index (χ3v) is 8.78. The van der Waals surface area contributed by atoms with E-state index in [1.54, 1.807) is 41.3 Å². The van der Waals surface area contributed by atoms with Crippen LogP contribution in [0.3, 0.4) is 0 Å². The van der Waals surface area contributed by atoms with Gasteiger partial charge in [0.15, 0.2) is 0 Å². The van der Waals surface area contributed by atoms with E-state index in [2.05, 4.69) is 15.5 Å². The molecule has 1 saturated heterocycles. The first-order valence-corrected chi connectivity index (χ1v) is 14.2. The van der Waals surface area contributed by atoms with Gasteiger partial charge in [-0.2, -0.15) is 31.4 Å². The van der Waals surface area contributed by atoms with Gasteiger partial charge in [-0.1, -0.05) is 72.0 Å². The third-order valence-electron chi connectivity index (χ3n) is 7.75. The number of anilines is 2. The fraction of sp³-hybridized carbons (Fsp3) is 0.357. The molecule has 4 heterocycles. The molecule has 0 unspecified atom stereocenters. The number of benzene rings is 2. The molecular weight excluding hydrogens is 598 g/mol. The van der Waals surface area contributed by atoms with E-state index in [4.69, 9.17) is 5.10 Å². The van der Waals surface area contributed by atoms with Crippen molar-refractivity contribution in [3.05, 3.63) is 88.1 Å². The van der Waals surface area contributed by atoms with Gasteiger partial charge >= 0.3 is 12.4 Å². The molecule has 2 N–H and O–H groups in total. The lowest BCUT2D eigenvalue weighted by molar-refractivity contribution is -0.177. The van der Waals surface area contributed by atoms with E-state index in [9.17, 15) is 36.2 Å². The maximum atomic E-state index is 14.5. The molecular formula is C28H24F6N6O2S. The molecule has 2 atom stereocenters. The second kappa shape index (κ2) is 10.9. The van der Waals surface area contributed by atoms with Crippen LogP contribution in [0.2, 0.25) is 0 Å². The minimum absolute atomic E-state index is 0.0717. The Morgan fingerprint density at radius 1 is 0.907 bits per heavy atom. The van der Waals surface area contributed by atoms with Crippen LogP contribution in [0.4, 0.5) is 37.3 Å². The summed E-state index contributed by atoms with van der Waals surface area (Å²) < 4.78 is 84.2. The van der Waals surface area contributed by atoms with E-state index >= 15 is 0 Å². The van der Waals surface area contributed by atoms with Gasteiger partial charge in [0.2, 0.25) is 10.1 Å². The van der Waals surface area contributed by atoms with E-state index < -0.39 is 47.2 Å². The van der Waals surface area contributed by atoms with Crippen molar-refractivity contribution in [1.82, 2.24) is 20.0 Å². The summed E-state index contributed by atoms with van der Waals surface area (Å²) in [5.41, 5.74) is 1.20. The monoisotopic (exact) mass is 622 g/mol. The largest absolute Gasteiger partial charge is 0.445 e. The molecule has 1 amide bonds. The number of nitrogens with one attached hydrogen (secondary N) is 1. The zero-order valence-corrected chi connectivity index (χ0v) is 23.0. The lowest BCUT2D eigenvalue weighted by Gasteiger charge is -2.34. The lowest BCUT2D eigenvalue weighted by atomic mass is 9.83. The Bertz CT molecular complexity index is 1560. The highest BCUT2D eigenvalue weighted by Crippen LogP contribution is 2.49. The van der Waals surface area contributed by atoms with Gasteiger partial charge in [0.05, 0.1) is 5.69 Å². The van der Waals surface area contributed by atoms with Crippen molar-refractivity contribution in [3.63, 3.8) is 0 Å². The molecule has 0 aliphatic carbocycles. The molecule has 43 heavy (non-hydrogen) atoms. The van der Waals surface area contributed by atoms with E-state index in [0.29, 0.717) is 22.5 Å². The Hall–Kier alpha value is -3.98. The number of amides is 1. The summed E-state index contributed by atoms with van der Waals surface area (Å²) in [5, 5.41) is 23.6. The zero-order valence-electron chi connectivity index (χ0n) is 22.2. The highest BCUT2D eigenvalue weighted by Gasteiger charge is 2.55. The molecule has 4 aromatic rings. The number of hydrogen-bond donors (Lipinski definition) is 2. The number of piperidine rings is 1. The summed E-state index contributed by atoms with van der Waals surface area (Å²) in [5.74, 6) is -4.39. The van der Waals surface area contributed by atoms with Gasteiger partial charge in [0.25, 0.3) is 5.91 Å². The number of carbonyl (C=O) groups is 1. The maximum Gasteiger partial charge on any atom is 0.445 e. The molecule has 0 spiro atoms. The number of aromatic nitrogens is 4. The van der Waals surface area contributed by atoms with Crippen LogP contribution in [0.15, 0.2) is 60.7 Å². The number of hydrogen-bond acceptors (Lipinski definition) is 7. The molecule has 0 radical (unpaired) electrons. The molecule has 1 fully saturated rings. The van der Waals surface area contributed by atoms with Crippen LogP contribution in [0.5, 0.6) is 0 Å². The fourth-order valence-electron chi connectivity index (χ4n) is 5.77. The molecule has 8 nitrogen and oxygen atoms in total. The second-order valence-electron chi connectivity index (χ2n) is 10.4. The van der Waals surface area contributed by atoms with E-state index in [0.717, 1.165) is 0 Å². The van der Waals surface area contributed by atoms with Crippen molar-refractivity contribution in [2.75, 3.05) is 23.3 Å². The Kier molecular flexibility index (Phi) is 7.40. The van der Waals surface area contributed by atoms with Gasteiger partial charge in [-0.25, -0.2) is 4.68 Å². The van der Waals surface area contributed by atoms with Gasteiger partial charge in [-0.15, -0.1) is 10.2 Å². The van der Waals surface area contributed by atoms with Gasteiger partial charge in [-0.05, 0) is 24.0 Å². The molecule has 0 saturated carbocycles. The number of alkyl halides is 6. The summed E-state index contributed by atoms with van der Waals surface area (Å²) >= 11 is 0.403. The van der Waals surface area contributed by atoms with Crippen LogP contribution < -0.4 is 10.2 Å². The molecule has 15 heteroatoms. The van der Waals surface area contributed by atoms with Crippen molar-refractivity contribution in [1.29, 1.82) is 0 Å². The van der Waals surface area contributed by atoms with Crippen molar-refractivity contribution in [2.24, 2.45) is 0 Å². The topological polar surface area (TPSA) is 96.2 Å². The van der Waals surface area contributed by atoms with Crippen LogP contribution >= 0.6 is 11.3 Å². The molecule has 226 valence electrons. The third kappa shape index (κ3) is 5.46. The van der Waals surface area contributed by atoms with E-state index in [1.165, 1.54) is 4.68 Å². The second-order valence-corrected chi connectivity index (χ2v) is 11.4. The first kappa shape index (κ1) is 29.1. The predicted octanol–water partition coefficient (Wildman–Crippen LogP) is 5.73. The molecule has 0 bridgehead atoms. The quantitative estimate of drug-likeness (QED) is 0.276. The van der Waals surface area contributed by atoms with Crippen LogP contribution in [-0.2, 0) is 11.0 Å². The summed E-state index contributed by atoms with van der Waals surface area (Å²) in [6, 6.07) is 17.3. The van der Waals surface area contributed by atoms with Gasteiger partial charge in [0.1, 0.15) is 23.9 Å². The Labute approximate surface area is 245 Å². The smallest absolute Gasteiger partial charge is 0.382 e. The molecule has 2 aliphatic heterocycles. The van der Waals surface area contributed by atoms with Crippen LogP contribution in [0.1, 0.15) is 58.1 Å². The molecule has 2 aromatic heterocycles. The zero-order chi connectivity index (χ0) is 30.5. The average molecular weight is 623 g/mol. The van der Waals surface area contributed by atoms with Gasteiger partial charge in [0, 0.05) is 24.6 Å². The summed E-state index contributed by atoms with van der Waals surface area (Å²) in [4.78, 5) is 14.3. The highest BCUT2D eigenvalue weighted by molar-refractivity contribution is 7.15. The van der Waals surface area contributed by atoms with Crippen LogP contribution in [0, 0.1) is 0 Å². The number of rotatable bonds is 5. The minimum atomic E-state index is -4.97. The van der Waals surface area contributed by atoms with Gasteiger partial charge in [-0.3, -0.25) is 4.79 Å². The number of aliphatic hydroxyl groups is 1. The van der Waals surface area contributed by atoms with Crippen molar-refractivity contribution in [2.45, 2.75) is 49.2 Å². The summed E-state index contributed by atoms with van der Waals surface area (Å²) in [7, 11) is 0. The van der Waals surface area contributed by atoms with E-state index in [1.807, 2.05) is 24.3 Å². The normalized spacial score (nSPS) is 19.9. The lowest BCUT2D eigenvalue weighted by Crippen LogP contribution is -2.45. The summed E-state index contributed by atoms with van der Waals surface area (Å²) in [6.07, 6.45) is -11.5. The predicted molar refractivity (Wildman–Crippen MR) is 145 cm³/mol. The number of fused-ring (bicyclic) bond motifs is 1. The number of nitrogens with zero attached hydrogens (tertiary/aromatic N) is 5. The first-order valence-electron chi connectivity index (χ1n) is 13.4. The number of halogens is 6. The Morgan fingerprint density at radius 2 is 1.49 bits per heavy atom. The number of aliphatic hydroxyl groups excluding tert-OH is 1. The standard InChI is InChI=1S/C28H24F6N6O2S/c29-27(30,31)19-18-20(15-11-13-39(14-12-15)26-37-36-25(43-26)28(32,33)34)38-40(23(18)35-24(42)22(19)41)21(16-7-3-1-4-8-16)17-9-5-2-6-10-17/h1-10,15,19,21-22,41H,11-14H2,(H,35,42)/t19-,22-/m0/s1. The van der Waals surface area contributed by atoms with Crippen molar-refractivity contribution in [3.8, 4) is 0 Å². The number of carbonyl (C=O) groups excluding carboxylic acids is 1. The molecule has 6 rings (SSSR count). The molecule has 2 aliphatic rings. The Balaban J connectivity index is 1.44. The van der Waals surface area contributed by atoms with Crippen molar-refractivity contribution >= 4 is 28.2 Å². The highest BCUT2D eigenvalue weighted by atomic mass is 32.1. The maximum absolute atomic E-state index is 14.5. The van der Waals surface area contributed by atoms with E-state index in [-0.39, 0.29) is 48.1 Å². The SMILES string of the molecule is O=C1Nc2c(c(C3CCN(c4nnc(C(F)(F)F)s4)CC3)nn2C(c2ccccc2)c2ccccc2)[C@H](C(F)(F)F)[C@@H]1O. The van der Waals surface area contributed by atoms with Crippen LogP contribution in [0.25, 0.3) is 0 Å². The van der Waals surface area contributed by atoms with Gasteiger partial charge < -0.3 is 15.3 Å².